The highest BCUT2D eigenvalue weighted by molar-refractivity contribution is 7.87. The summed E-state index contributed by atoms with van der Waals surface area (Å²) in [7, 11) is -2.82. The standard InChI is InChI=1S/C21H13ClO3S/c1-25-26(23,24)21-17(22)11-13-7-4-9-15-14-8-2-5-12-6-3-10-16(18(12)14)20(21)19(13)15/h2-11H,1H3. The summed E-state index contributed by atoms with van der Waals surface area (Å²) in [5.41, 5.74) is 0. The fourth-order valence-electron chi connectivity index (χ4n) is 3.99. The maximum atomic E-state index is 12.7. The van der Waals surface area contributed by atoms with Crippen molar-refractivity contribution in [1.29, 1.82) is 0 Å². The van der Waals surface area contributed by atoms with Crippen LogP contribution in [0, 0.1) is 0 Å². The minimum absolute atomic E-state index is 0.0311. The Kier molecular flexibility index (Phi) is 3.23. The van der Waals surface area contributed by atoms with Crippen LogP contribution in [0.1, 0.15) is 0 Å². The van der Waals surface area contributed by atoms with Gasteiger partial charge in [0.25, 0.3) is 10.1 Å². The lowest BCUT2D eigenvalue weighted by atomic mass is 9.90. The Morgan fingerprint density at radius 3 is 2.00 bits per heavy atom. The van der Waals surface area contributed by atoms with Crippen LogP contribution in [0.4, 0.5) is 0 Å². The van der Waals surface area contributed by atoms with Gasteiger partial charge >= 0.3 is 0 Å². The zero-order chi connectivity index (χ0) is 18.1. The van der Waals surface area contributed by atoms with E-state index < -0.39 is 10.1 Å². The third-order valence-corrected chi connectivity index (χ3v) is 6.78. The smallest absolute Gasteiger partial charge is 0.270 e. The fourth-order valence-corrected chi connectivity index (χ4v) is 5.41. The zero-order valence-corrected chi connectivity index (χ0v) is 15.4. The Morgan fingerprint density at radius 2 is 1.35 bits per heavy atom. The second-order valence-corrected chi connectivity index (χ2v) is 8.35. The average molecular weight is 381 g/mol. The van der Waals surface area contributed by atoms with Gasteiger partial charge in [0.1, 0.15) is 4.90 Å². The summed E-state index contributed by atoms with van der Waals surface area (Å²) >= 11 is 6.43. The average Bonchev–Trinajstić information content (AvgIpc) is 2.65. The third kappa shape index (κ3) is 1.95. The van der Waals surface area contributed by atoms with Gasteiger partial charge in [-0.05, 0) is 43.8 Å². The second kappa shape index (κ2) is 5.30. The summed E-state index contributed by atoms with van der Waals surface area (Å²) in [6, 6.07) is 19.7. The van der Waals surface area contributed by atoms with E-state index in [1.54, 1.807) is 6.07 Å². The normalized spacial score (nSPS) is 12.7. The lowest BCUT2D eigenvalue weighted by molar-refractivity contribution is 0.398. The molecule has 26 heavy (non-hydrogen) atoms. The highest BCUT2D eigenvalue weighted by Crippen LogP contribution is 2.45. The van der Waals surface area contributed by atoms with E-state index in [1.165, 1.54) is 0 Å². The van der Waals surface area contributed by atoms with Gasteiger partial charge in [0.05, 0.1) is 12.1 Å². The summed E-state index contributed by atoms with van der Waals surface area (Å²) in [4.78, 5) is 0.0311. The Balaban J connectivity index is 2.26. The summed E-state index contributed by atoms with van der Waals surface area (Å²) < 4.78 is 30.2. The van der Waals surface area contributed by atoms with Crippen molar-refractivity contribution in [1.82, 2.24) is 0 Å². The van der Waals surface area contributed by atoms with Gasteiger partial charge in [0, 0.05) is 5.39 Å². The van der Waals surface area contributed by atoms with Crippen molar-refractivity contribution in [2.24, 2.45) is 0 Å². The molecular weight excluding hydrogens is 368 g/mol. The highest BCUT2D eigenvalue weighted by atomic mass is 35.5. The first-order valence-electron chi connectivity index (χ1n) is 8.11. The number of halogens is 1. The summed E-state index contributed by atoms with van der Waals surface area (Å²) in [6.45, 7) is 0. The van der Waals surface area contributed by atoms with Crippen molar-refractivity contribution in [2.45, 2.75) is 4.90 Å². The van der Waals surface area contributed by atoms with E-state index in [9.17, 15) is 8.42 Å². The molecule has 0 radical (unpaired) electrons. The van der Waals surface area contributed by atoms with Crippen LogP contribution in [0.25, 0.3) is 43.1 Å². The maximum absolute atomic E-state index is 12.7. The summed E-state index contributed by atoms with van der Waals surface area (Å²) in [6.07, 6.45) is 0. The fraction of sp³-hybridized carbons (Fsp3) is 0.0476. The van der Waals surface area contributed by atoms with Crippen LogP contribution in [0.5, 0.6) is 0 Å². The molecule has 0 fully saturated rings. The lowest BCUT2D eigenvalue weighted by Gasteiger charge is -2.17. The molecule has 0 unspecified atom stereocenters. The summed E-state index contributed by atoms with van der Waals surface area (Å²) in [5, 5.41) is 7.64. The van der Waals surface area contributed by atoms with Crippen LogP contribution in [0.15, 0.2) is 65.6 Å². The minimum Gasteiger partial charge on any atom is -0.270 e. The molecule has 5 aromatic carbocycles. The molecule has 0 heterocycles. The van der Waals surface area contributed by atoms with Gasteiger partial charge < -0.3 is 0 Å². The van der Waals surface area contributed by atoms with Crippen LogP contribution in [-0.2, 0) is 14.3 Å². The van der Waals surface area contributed by atoms with Gasteiger partial charge in [-0.1, -0.05) is 66.2 Å². The molecule has 0 aliphatic carbocycles. The number of rotatable bonds is 2. The molecule has 0 bridgehead atoms. The predicted molar refractivity (Wildman–Crippen MR) is 107 cm³/mol. The maximum Gasteiger partial charge on any atom is 0.298 e. The monoisotopic (exact) mass is 380 g/mol. The quantitative estimate of drug-likeness (QED) is 0.223. The van der Waals surface area contributed by atoms with Gasteiger partial charge in [-0.25, -0.2) is 0 Å². The van der Waals surface area contributed by atoms with Gasteiger partial charge in [0.2, 0.25) is 0 Å². The molecule has 5 heteroatoms. The van der Waals surface area contributed by atoms with Gasteiger partial charge in [0.15, 0.2) is 0 Å². The highest BCUT2D eigenvalue weighted by Gasteiger charge is 2.25. The molecule has 3 nitrogen and oxygen atoms in total. The van der Waals surface area contributed by atoms with Crippen LogP contribution < -0.4 is 0 Å². The molecule has 0 saturated heterocycles. The first kappa shape index (κ1) is 15.8. The van der Waals surface area contributed by atoms with Crippen molar-refractivity contribution < 1.29 is 12.6 Å². The Hall–Kier alpha value is -2.40. The number of benzene rings is 5. The Bertz CT molecular complexity index is 1430. The van der Waals surface area contributed by atoms with E-state index in [0.717, 1.165) is 44.8 Å². The molecule has 0 atom stereocenters. The topological polar surface area (TPSA) is 43.4 Å². The molecule has 128 valence electrons. The van der Waals surface area contributed by atoms with Crippen molar-refractivity contribution >= 4 is 64.8 Å². The first-order chi connectivity index (χ1) is 12.5. The van der Waals surface area contributed by atoms with E-state index in [0.29, 0.717) is 5.39 Å². The van der Waals surface area contributed by atoms with Crippen LogP contribution in [-0.4, -0.2) is 15.5 Å². The van der Waals surface area contributed by atoms with Crippen LogP contribution in [0.2, 0.25) is 5.02 Å². The Morgan fingerprint density at radius 1 is 0.769 bits per heavy atom. The molecule has 5 aromatic rings. The molecule has 0 aliphatic rings. The second-order valence-electron chi connectivity index (χ2n) is 6.30. The van der Waals surface area contributed by atoms with Crippen LogP contribution >= 0.6 is 11.6 Å². The molecule has 0 aromatic heterocycles. The van der Waals surface area contributed by atoms with Crippen molar-refractivity contribution in [3.05, 3.63) is 65.7 Å². The first-order valence-corrected chi connectivity index (χ1v) is 9.90. The molecule has 5 rings (SSSR count). The third-order valence-electron chi connectivity index (χ3n) is 5.01. The molecular formula is C21H13ClO3S. The van der Waals surface area contributed by atoms with Gasteiger partial charge in [-0.3, -0.25) is 4.18 Å². The van der Waals surface area contributed by atoms with E-state index in [-0.39, 0.29) is 9.92 Å². The van der Waals surface area contributed by atoms with E-state index in [4.69, 9.17) is 15.8 Å². The molecule has 0 spiro atoms. The van der Waals surface area contributed by atoms with E-state index >= 15 is 0 Å². The van der Waals surface area contributed by atoms with Gasteiger partial charge in [-0.2, -0.15) is 8.42 Å². The zero-order valence-electron chi connectivity index (χ0n) is 13.8. The Labute approximate surface area is 155 Å². The molecule has 0 amide bonds. The van der Waals surface area contributed by atoms with Crippen LogP contribution in [0.3, 0.4) is 0 Å². The summed E-state index contributed by atoms with van der Waals surface area (Å²) in [5.74, 6) is 0. The number of hydrogen-bond donors (Lipinski definition) is 0. The molecule has 0 saturated carbocycles. The molecule has 0 N–H and O–H groups in total. The van der Waals surface area contributed by atoms with Crippen molar-refractivity contribution in [3.63, 3.8) is 0 Å². The van der Waals surface area contributed by atoms with Crippen molar-refractivity contribution in [3.8, 4) is 0 Å². The van der Waals surface area contributed by atoms with Crippen molar-refractivity contribution in [2.75, 3.05) is 7.11 Å². The number of fused-ring (bicyclic) bond motifs is 2. The minimum atomic E-state index is -3.98. The largest absolute Gasteiger partial charge is 0.298 e. The predicted octanol–water partition coefficient (Wildman–Crippen LogP) is 5.73. The number of hydrogen-bond acceptors (Lipinski definition) is 3. The SMILES string of the molecule is COS(=O)(=O)c1c(Cl)cc2cccc3c4cccc5cccc(c1c23)c54. The lowest BCUT2D eigenvalue weighted by Crippen LogP contribution is -2.05. The van der Waals surface area contributed by atoms with Gasteiger partial charge in [-0.15, -0.1) is 0 Å². The van der Waals surface area contributed by atoms with E-state index in [1.807, 2.05) is 48.5 Å². The molecule has 0 aliphatic heterocycles. The van der Waals surface area contributed by atoms with E-state index in [2.05, 4.69) is 6.07 Å².